The number of hydrogen-bond acceptors (Lipinski definition) is 5. The van der Waals surface area contributed by atoms with Crippen molar-refractivity contribution >= 4 is 33.1 Å². The summed E-state index contributed by atoms with van der Waals surface area (Å²) in [5.41, 5.74) is 0.513. The lowest BCUT2D eigenvalue weighted by Crippen LogP contribution is -2.40. The SMILES string of the molecule is N#Cc1c(Cl)cccc1N(CC(=O)O)C1CCS(=O)(=O)C1. The van der Waals surface area contributed by atoms with Crippen molar-refractivity contribution in [2.24, 2.45) is 0 Å². The summed E-state index contributed by atoms with van der Waals surface area (Å²) in [6, 6.07) is 6.21. The number of anilines is 1. The highest BCUT2D eigenvalue weighted by molar-refractivity contribution is 7.91. The largest absolute Gasteiger partial charge is 0.480 e. The van der Waals surface area contributed by atoms with Crippen molar-refractivity contribution in [1.29, 1.82) is 5.26 Å². The Morgan fingerprint density at radius 1 is 1.52 bits per heavy atom. The van der Waals surface area contributed by atoms with Crippen molar-refractivity contribution in [1.82, 2.24) is 0 Å². The number of carboxylic acid groups (broad SMARTS) is 1. The van der Waals surface area contributed by atoms with Gasteiger partial charge in [0.25, 0.3) is 0 Å². The van der Waals surface area contributed by atoms with Crippen LogP contribution in [0.1, 0.15) is 12.0 Å². The van der Waals surface area contributed by atoms with Gasteiger partial charge in [0.05, 0.1) is 27.8 Å². The van der Waals surface area contributed by atoms with Crippen LogP contribution in [-0.4, -0.2) is 43.6 Å². The lowest BCUT2D eigenvalue weighted by molar-refractivity contribution is -0.135. The Balaban J connectivity index is 2.45. The van der Waals surface area contributed by atoms with Crippen LogP contribution in [0.15, 0.2) is 18.2 Å². The van der Waals surface area contributed by atoms with E-state index < -0.39 is 21.8 Å². The molecule has 1 N–H and O–H groups in total. The third-order valence-corrected chi connectivity index (χ3v) is 5.43. The fourth-order valence-electron chi connectivity index (χ4n) is 2.44. The molecule has 112 valence electrons. The lowest BCUT2D eigenvalue weighted by atomic mass is 10.1. The third-order valence-electron chi connectivity index (χ3n) is 3.37. The molecule has 2 rings (SSSR count). The first kappa shape index (κ1) is 15.6. The molecule has 1 heterocycles. The monoisotopic (exact) mass is 328 g/mol. The van der Waals surface area contributed by atoms with Gasteiger partial charge >= 0.3 is 5.97 Å². The number of carboxylic acids is 1. The fraction of sp³-hybridized carbons (Fsp3) is 0.385. The second kappa shape index (κ2) is 5.92. The van der Waals surface area contributed by atoms with E-state index in [1.54, 1.807) is 12.1 Å². The van der Waals surface area contributed by atoms with Gasteiger partial charge < -0.3 is 10.0 Å². The molecule has 1 aromatic carbocycles. The van der Waals surface area contributed by atoms with Gasteiger partial charge in [0.1, 0.15) is 12.6 Å². The predicted octanol–water partition coefficient (Wildman–Crippen LogP) is 1.29. The highest BCUT2D eigenvalue weighted by Crippen LogP contribution is 2.30. The predicted molar refractivity (Wildman–Crippen MR) is 78.2 cm³/mol. The van der Waals surface area contributed by atoms with Gasteiger partial charge in [0, 0.05) is 6.04 Å². The van der Waals surface area contributed by atoms with Crippen LogP contribution in [0, 0.1) is 11.3 Å². The summed E-state index contributed by atoms with van der Waals surface area (Å²) >= 11 is 5.96. The van der Waals surface area contributed by atoms with Crippen LogP contribution in [0.2, 0.25) is 5.02 Å². The normalized spacial score (nSPS) is 19.9. The average molecular weight is 329 g/mol. The molecule has 0 spiro atoms. The molecule has 1 aliphatic rings. The zero-order valence-electron chi connectivity index (χ0n) is 11.0. The highest BCUT2D eigenvalue weighted by atomic mass is 35.5. The van der Waals surface area contributed by atoms with Gasteiger partial charge in [0.2, 0.25) is 0 Å². The Hall–Kier alpha value is -1.78. The second-order valence-electron chi connectivity index (χ2n) is 4.82. The van der Waals surface area contributed by atoms with E-state index in [2.05, 4.69) is 0 Å². The number of rotatable bonds is 4. The van der Waals surface area contributed by atoms with E-state index in [1.165, 1.54) is 11.0 Å². The molecule has 0 aromatic heterocycles. The van der Waals surface area contributed by atoms with Gasteiger partial charge in [-0.15, -0.1) is 0 Å². The van der Waals surface area contributed by atoms with Gasteiger partial charge in [-0.1, -0.05) is 17.7 Å². The van der Waals surface area contributed by atoms with Crippen molar-refractivity contribution in [3.8, 4) is 6.07 Å². The molecule has 1 aromatic rings. The summed E-state index contributed by atoms with van der Waals surface area (Å²) in [6.45, 7) is -0.380. The fourth-order valence-corrected chi connectivity index (χ4v) is 4.38. The van der Waals surface area contributed by atoms with Crippen LogP contribution in [0.4, 0.5) is 5.69 Å². The van der Waals surface area contributed by atoms with Crippen molar-refractivity contribution < 1.29 is 18.3 Å². The van der Waals surface area contributed by atoms with Crippen molar-refractivity contribution in [3.05, 3.63) is 28.8 Å². The molecule has 0 radical (unpaired) electrons. The van der Waals surface area contributed by atoms with E-state index in [4.69, 9.17) is 16.7 Å². The molecule has 6 nitrogen and oxygen atoms in total. The minimum atomic E-state index is -3.16. The Bertz CT molecular complexity index is 711. The van der Waals surface area contributed by atoms with Crippen LogP contribution in [0.5, 0.6) is 0 Å². The number of sulfone groups is 1. The third kappa shape index (κ3) is 3.46. The number of aliphatic carboxylic acids is 1. The molecular formula is C13H13ClN2O4S. The number of benzene rings is 1. The highest BCUT2D eigenvalue weighted by Gasteiger charge is 2.34. The number of carbonyl (C=O) groups is 1. The van der Waals surface area contributed by atoms with Gasteiger partial charge in [-0.05, 0) is 18.6 Å². The molecule has 21 heavy (non-hydrogen) atoms. The molecule has 1 aliphatic heterocycles. The maximum Gasteiger partial charge on any atom is 0.323 e. The number of hydrogen-bond donors (Lipinski definition) is 1. The first-order valence-electron chi connectivity index (χ1n) is 6.21. The van der Waals surface area contributed by atoms with Crippen LogP contribution < -0.4 is 4.90 Å². The Kier molecular flexibility index (Phi) is 4.40. The molecule has 1 fully saturated rings. The summed E-state index contributed by atoms with van der Waals surface area (Å²) in [5.74, 6) is -1.18. The molecular weight excluding hydrogens is 316 g/mol. The molecule has 1 unspecified atom stereocenters. The van der Waals surface area contributed by atoms with Gasteiger partial charge in [-0.2, -0.15) is 5.26 Å². The molecule has 8 heteroatoms. The minimum absolute atomic E-state index is 0.0240. The van der Waals surface area contributed by atoms with E-state index in [9.17, 15) is 18.5 Å². The van der Waals surface area contributed by atoms with Crippen molar-refractivity contribution in [2.75, 3.05) is 23.0 Å². The van der Waals surface area contributed by atoms with E-state index in [0.29, 0.717) is 12.1 Å². The maximum absolute atomic E-state index is 11.6. The van der Waals surface area contributed by atoms with Crippen molar-refractivity contribution in [3.63, 3.8) is 0 Å². The van der Waals surface area contributed by atoms with E-state index >= 15 is 0 Å². The molecule has 0 saturated carbocycles. The number of nitrogens with zero attached hydrogens (tertiary/aromatic N) is 2. The van der Waals surface area contributed by atoms with Crippen LogP contribution in [-0.2, 0) is 14.6 Å². The van der Waals surface area contributed by atoms with Gasteiger partial charge in [-0.25, -0.2) is 8.42 Å². The first-order chi connectivity index (χ1) is 9.84. The molecule has 0 bridgehead atoms. The summed E-state index contributed by atoms with van der Waals surface area (Å²) in [4.78, 5) is 12.5. The molecule has 0 aliphatic carbocycles. The summed E-state index contributed by atoms with van der Waals surface area (Å²) in [6.07, 6.45) is 0.340. The van der Waals surface area contributed by atoms with E-state index in [0.717, 1.165) is 0 Å². The molecule has 1 atom stereocenters. The van der Waals surface area contributed by atoms with Crippen LogP contribution in [0.25, 0.3) is 0 Å². The van der Waals surface area contributed by atoms with Crippen LogP contribution in [0.3, 0.4) is 0 Å². The summed E-state index contributed by atoms with van der Waals surface area (Å²) in [5, 5.41) is 18.5. The minimum Gasteiger partial charge on any atom is -0.480 e. The van der Waals surface area contributed by atoms with Crippen LogP contribution >= 0.6 is 11.6 Å². The Morgan fingerprint density at radius 3 is 2.76 bits per heavy atom. The zero-order valence-corrected chi connectivity index (χ0v) is 12.6. The van der Waals surface area contributed by atoms with E-state index in [1.807, 2.05) is 6.07 Å². The Labute approximate surface area is 127 Å². The number of halogens is 1. The standard InChI is InChI=1S/C13H13ClN2O4S/c14-11-2-1-3-12(10(11)6-15)16(7-13(17)18)9-4-5-21(19,20)8-9/h1-3,9H,4-5,7-8H2,(H,17,18). The number of nitriles is 1. The second-order valence-corrected chi connectivity index (χ2v) is 7.46. The van der Waals surface area contributed by atoms with Crippen molar-refractivity contribution in [2.45, 2.75) is 12.5 Å². The molecule has 1 saturated heterocycles. The smallest absolute Gasteiger partial charge is 0.323 e. The first-order valence-corrected chi connectivity index (χ1v) is 8.41. The average Bonchev–Trinajstić information content (AvgIpc) is 2.75. The maximum atomic E-state index is 11.6. The molecule has 0 amide bonds. The van der Waals surface area contributed by atoms with E-state index in [-0.39, 0.29) is 28.6 Å². The topological polar surface area (TPSA) is 98.5 Å². The summed E-state index contributed by atoms with van der Waals surface area (Å²) < 4.78 is 23.2. The summed E-state index contributed by atoms with van der Waals surface area (Å²) in [7, 11) is -3.16. The lowest BCUT2D eigenvalue weighted by Gasteiger charge is -2.29. The zero-order chi connectivity index (χ0) is 15.6. The van der Waals surface area contributed by atoms with Gasteiger partial charge in [0.15, 0.2) is 9.84 Å². The Morgan fingerprint density at radius 2 is 2.24 bits per heavy atom. The quantitative estimate of drug-likeness (QED) is 0.894. The van der Waals surface area contributed by atoms with Gasteiger partial charge in [-0.3, -0.25) is 4.79 Å².